The summed E-state index contributed by atoms with van der Waals surface area (Å²) in [4.78, 5) is 12.3. The smallest absolute Gasteiger partial charge is 0.262 e. The van der Waals surface area contributed by atoms with Crippen molar-refractivity contribution >= 4 is 21.6 Å². The van der Waals surface area contributed by atoms with Crippen molar-refractivity contribution in [2.75, 3.05) is 25.8 Å². The highest BCUT2D eigenvalue weighted by atomic mass is 32.2. The molecule has 166 valence electrons. The van der Waals surface area contributed by atoms with Gasteiger partial charge in [-0.25, -0.2) is 8.42 Å². The van der Waals surface area contributed by atoms with Crippen molar-refractivity contribution in [3.8, 4) is 17.2 Å². The van der Waals surface area contributed by atoms with Crippen LogP contribution in [0, 0.1) is 0 Å². The van der Waals surface area contributed by atoms with E-state index >= 15 is 0 Å². The van der Waals surface area contributed by atoms with Gasteiger partial charge in [-0.15, -0.1) is 0 Å². The molecule has 0 spiro atoms. The fraction of sp³-hybridized carbons (Fsp3) is 0.174. The largest absolute Gasteiger partial charge is 0.484 e. The van der Waals surface area contributed by atoms with Gasteiger partial charge in [0.25, 0.3) is 5.91 Å². The predicted octanol–water partition coefficient (Wildman–Crippen LogP) is 3.25. The quantitative estimate of drug-likeness (QED) is 0.562. The normalized spacial score (nSPS) is 12.6. The first-order chi connectivity index (χ1) is 15.4. The first kappa shape index (κ1) is 21.7. The lowest BCUT2D eigenvalue weighted by Gasteiger charge is -2.17. The third-order valence-corrected chi connectivity index (χ3v) is 6.63. The van der Waals surface area contributed by atoms with Gasteiger partial charge < -0.3 is 19.5 Å². The molecule has 1 heterocycles. The highest BCUT2D eigenvalue weighted by Crippen LogP contribution is 2.35. The molecule has 0 fully saturated rings. The first-order valence-electron chi connectivity index (χ1n) is 9.84. The molecule has 32 heavy (non-hydrogen) atoms. The average molecular weight is 455 g/mol. The van der Waals surface area contributed by atoms with Crippen LogP contribution in [0.1, 0.15) is 5.56 Å². The number of rotatable bonds is 8. The molecule has 1 aliphatic heterocycles. The topological polar surface area (TPSA) is 94.2 Å². The number of carbonyl (C=O) groups is 1. The molecule has 0 saturated carbocycles. The van der Waals surface area contributed by atoms with Crippen LogP contribution in [0.2, 0.25) is 0 Å². The monoisotopic (exact) mass is 454 g/mol. The number of nitrogens with zero attached hydrogens (tertiary/aromatic N) is 1. The van der Waals surface area contributed by atoms with Crippen molar-refractivity contribution in [2.24, 2.45) is 0 Å². The van der Waals surface area contributed by atoms with Crippen molar-refractivity contribution < 1.29 is 27.4 Å². The number of benzene rings is 3. The van der Waals surface area contributed by atoms with Crippen LogP contribution in [0.3, 0.4) is 0 Å². The number of hydrogen-bond acceptors (Lipinski definition) is 6. The Bertz CT molecular complexity index is 1200. The summed E-state index contributed by atoms with van der Waals surface area (Å²) in [5, 5.41) is 2.68. The molecule has 3 aromatic carbocycles. The van der Waals surface area contributed by atoms with E-state index in [1.54, 1.807) is 30.3 Å². The summed E-state index contributed by atoms with van der Waals surface area (Å²) < 4.78 is 42.9. The van der Waals surface area contributed by atoms with E-state index in [-0.39, 0.29) is 30.7 Å². The van der Waals surface area contributed by atoms with Crippen LogP contribution in [-0.2, 0) is 21.4 Å². The van der Waals surface area contributed by atoms with Gasteiger partial charge in [0.05, 0.1) is 4.90 Å². The second-order valence-corrected chi connectivity index (χ2v) is 9.17. The Balaban J connectivity index is 1.33. The van der Waals surface area contributed by atoms with E-state index < -0.39 is 10.0 Å². The number of ether oxygens (including phenoxy) is 3. The zero-order valence-electron chi connectivity index (χ0n) is 17.4. The van der Waals surface area contributed by atoms with Gasteiger partial charge in [0.1, 0.15) is 5.75 Å². The fourth-order valence-corrected chi connectivity index (χ4v) is 4.29. The van der Waals surface area contributed by atoms with Crippen LogP contribution >= 0.6 is 0 Å². The lowest BCUT2D eigenvalue weighted by atomic mass is 10.2. The predicted molar refractivity (Wildman–Crippen MR) is 118 cm³/mol. The maximum absolute atomic E-state index is 12.8. The summed E-state index contributed by atoms with van der Waals surface area (Å²) in [5.41, 5.74) is 1.36. The van der Waals surface area contributed by atoms with E-state index in [1.807, 2.05) is 30.3 Å². The summed E-state index contributed by atoms with van der Waals surface area (Å²) in [6, 6.07) is 20.4. The van der Waals surface area contributed by atoms with Crippen LogP contribution in [0.15, 0.2) is 77.7 Å². The number of carbonyl (C=O) groups excluding carboxylic acids is 1. The Morgan fingerprint density at radius 2 is 1.72 bits per heavy atom. The lowest BCUT2D eigenvalue weighted by Crippen LogP contribution is -2.26. The van der Waals surface area contributed by atoms with Crippen LogP contribution in [0.5, 0.6) is 17.2 Å². The minimum absolute atomic E-state index is 0.144. The number of hydrogen-bond donors (Lipinski definition) is 1. The summed E-state index contributed by atoms with van der Waals surface area (Å²) in [7, 11) is -2.13. The molecule has 1 N–H and O–H groups in total. The van der Waals surface area contributed by atoms with Gasteiger partial charge in [-0.05, 0) is 42.0 Å². The molecule has 0 saturated heterocycles. The molecule has 4 rings (SSSR count). The Morgan fingerprint density at radius 3 is 2.47 bits per heavy atom. The van der Waals surface area contributed by atoms with Gasteiger partial charge in [-0.3, -0.25) is 4.79 Å². The van der Waals surface area contributed by atoms with Crippen LogP contribution in [-0.4, -0.2) is 39.1 Å². The third-order valence-electron chi connectivity index (χ3n) is 4.81. The molecule has 0 unspecified atom stereocenters. The van der Waals surface area contributed by atoms with Crippen molar-refractivity contribution in [1.29, 1.82) is 0 Å². The van der Waals surface area contributed by atoms with Crippen LogP contribution < -0.4 is 19.5 Å². The van der Waals surface area contributed by atoms with Crippen molar-refractivity contribution in [3.63, 3.8) is 0 Å². The third kappa shape index (κ3) is 5.01. The SMILES string of the molecule is CN(Cc1ccccc1)S(=O)(=O)c1ccc(NC(=O)COc2ccc3c(c2)OCO3)cc1. The summed E-state index contributed by atoms with van der Waals surface area (Å²) >= 11 is 0. The van der Waals surface area contributed by atoms with Gasteiger partial charge in [0.2, 0.25) is 16.8 Å². The van der Waals surface area contributed by atoms with Gasteiger partial charge in [-0.2, -0.15) is 4.31 Å². The van der Waals surface area contributed by atoms with Crippen LogP contribution in [0.4, 0.5) is 5.69 Å². The summed E-state index contributed by atoms with van der Waals surface area (Å²) in [5.74, 6) is 1.30. The Kier molecular flexibility index (Phi) is 6.29. The molecule has 0 aliphatic carbocycles. The van der Waals surface area contributed by atoms with Gasteiger partial charge in [0.15, 0.2) is 18.1 Å². The van der Waals surface area contributed by atoms with E-state index in [1.165, 1.54) is 23.5 Å². The molecular weight excluding hydrogens is 432 g/mol. The number of amides is 1. The van der Waals surface area contributed by atoms with E-state index in [0.29, 0.717) is 22.9 Å². The summed E-state index contributed by atoms with van der Waals surface area (Å²) in [6.07, 6.45) is 0. The second kappa shape index (κ2) is 9.29. The number of fused-ring (bicyclic) bond motifs is 1. The van der Waals surface area contributed by atoms with Gasteiger partial charge >= 0.3 is 0 Å². The Morgan fingerprint density at radius 1 is 1.00 bits per heavy atom. The molecule has 0 aromatic heterocycles. The Hall–Kier alpha value is -3.56. The number of sulfonamides is 1. The zero-order valence-corrected chi connectivity index (χ0v) is 18.2. The number of nitrogens with one attached hydrogen (secondary N) is 1. The molecule has 1 amide bonds. The van der Waals surface area contributed by atoms with E-state index in [0.717, 1.165) is 5.56 Å². The molecule has 1 aliphatic rings. The molecule has 0 atom stereocenters. The molecule has 3 aromatic rings. The lowest BCUT2D eigenvalue weighted by molar-refractivity contribution is -0.118. The minimum atomic E-state index is -3.66. The van der Waals surface area contributed by atoms with E-state index in [2.05, 4.69) is 5.32 Å². The minimum Gasteiger partial charge on any atom is -0.484 e. The van der Waals surface area contributed by atoms with Crippen molar-refractivity contribution in [1.82, 2.24) is 4.31 Å². The maximum Gasteiger partial charge on any atom is 0.262 e. The van der Waals surface area contributed by atoms with E-state index in [9.17, 15) is 13.2 Å². The molecule has 8 nitrogen and oxygen atoms in total. The highest BCUT2D eigenvalue weighted by Gasteiger charge is 2.21. The number of anilines is 1. The van der Waals surface area contributed by atoms with E-state index in [4.69, 9.17) is 14.2 Å². The molecule has 9 heteroatoms. The zero-order chi connectivity index (χ0) is 22.6. The maximum atomic E-state index is 12.8. The van der Waals surface area contributed by atoms with Gasteiger partial charge in [0, 0.05) is 25.3 Å². The molecule has 0 bridgehead atoms. The fourth-order valence-electron chi connectivity index (χ4n) is 3.13. The van der Waals surface area contributed by atoms with Crippen LogP contribution in [0.25, 0.3) is 0 Å². The molecular formula is C23H22N2O6S. The summed E-state index contributed by atoms with van der Waals surface area (Å²) in [6.45, 7) is 0.214. The Labute approximate surface area is 186 Å². The van der Waals surface area contributed by atoms with Crippen molar-refractivity contribution in [2.45, 2.75) is 11.4 Å². The standard InChI is InChI=1S/C23H22N2O6S/c1-25(14-17-5-3-2-4-6-17)32(27,28)20-10-7-18(8-11-20)24-23(26)15-29-19-9-12-21-22(13-19)31-16-30-21/h2-13H,14-16H2,1H3,(H,24,26). The first-order valence-corrected chi connectivity index (χ1v) is 11.3. The highest BCUT2D eigenvalue weighted by molar-refractivity contribution is 7.89. The van der Waals surface area contributed by atoms with Crippen molar-refractivity contribution in [3.05, 3.63) is 78.4 Å². The molecule has 0 radical (unpaired) electrons. The van der Waals surface area contributed by atoms with Gasteiger partial charge in [-0.1, -0.05) is 30.3 Å². The second-order valence-electron chi connectivity index (χ2n) is 7.12. The average Bonchev–Trinajstić information content (AvgIpc) is 3.27.